The fourth-order valence-electron chi connectivity index (χ4n) is 3.38. The van der Waals surface area contributed by atoms with Gasteiger partial charge < -0.3 is 4.90 Å². The van der Waals surface area contributed by atoms with E-state index >= 15 is 0 Å². The zero-order valence-electron chi connectivity index (χ0n) is 14.5. The summed E-state index contributed by atoms with van der Waals surface area (Å²) in [6.07, 6.45) is 0. The number of halogens is 1. The van der Waals surface area contributed by atoms with E-state index in [0.29, 0.717) is 0 Å². The molecule has 6 heteroatoms. The largest absolute Gasteiger partial charge is 0.369 e. The van der Waals surface area contributed by atoms with Crippen LogP contribution in [0.1, 0.15) is 24.1 Å². The summed E-state index contributed by atoms with van der Waals surface area (Å²) in [6.45, 7) is 7.87. The van der Waals surface area contributed by atoms with Crippen LogP contribution in [0.25, 0.3) is 0 Å². The predicted molar refractivity (Wildman–Crippen MR) is 101 cm³/mol. The average molecular weight is 360 g/mol. The van der Waals surface area contributed by atoms with E-state index in [-0.39, 0.29) is 16.7 Å². The maximum atomic E-state index is 11.0. The van der Waals surface area contributed by atoms with Gasteiger partial charge in [-0.15, -0.1) is 0 Å². The fraction of sp³-hybridized carbons (Fsp3) is 0.368. The normalized spacial score (nSPS) is 16.7. The number of nitro groups is 1. The van der Waals surface area contributed by atoms with E-state index < -0.39 is 0 Å². The van der Waals surface area contributed by atoms with Crippen LogP contribution < -0.4 is 4.90 Å². The zero-order chi connectivity index (χ0) is 18.0. The van der Waals surface area contributed by atoms with Crippen LogP contribution in [-0.2, 0) is 0 Å². The van der Waals surface area contributed by atoms with Crippen LogP contribution in [0.2, 0.25) is 5.02 Å². The predicted octanol–water partition coefficient (Wildman–Crippen LogP) is 4.44. The van der Waals surface area contributed by atoms with Gasteiger partial charge in [0, 0.05) is 55.1 Å². The Labute approximate surface area is 153 Å². The molecule has 1 aliphatic rings. The van der Waals surface area contributed by atoms with Crippen molar-refractivity contribution in [3.63, 3.8) is 0 Å². The summed E-state index contributed by atoms with van der Waals surface area (Å²) < 4.78 is 0. The van der Waals surface area contributed by atoms with E-state index in [2.05, 4.69) is 29.7 Å². The molecular weight excluding hydrogens is 338 g/mol. The first-order valence-electron chi connectivity index (χ1n) is 8.45. The summed E-state index contributed by atoms with van der Waals surface area (Å²) in [5, 5.41) is 11.7. The lowest BCUT2D eigenvalue weighted by atomic mass is 10.0. The van der Waals surface area contributed by atoms with Crippen molar-refractivity contribution in [3.8, 4) is 0 Å². The second-order valence-electron chi connectivity index (χ2n) is 6.48. The molecule has 1 aliphatic heterocycles. The molecular formula is C19H22ClN3O2. The maximum absolute atomic E-state index is 11.0. The summed E-state index contributed by atoms with van der Waals surface area (Å²) >= 11 is 6.14. The minimum atomic E-state index is -0.337. The van der Waals surface area contributed by atoms with E-state index in [4.69, 9.17) is 11.6 Å². The number of hydrogen-bond acceptors (Lipinski definition) is 4. The molecule has 1 atom stereocenters. The van der Waals surface area contributed by atoms with Crippen molar-refractivity contribution in [3.05, 3.63) is 68.7 Å². The first-order chi connectivity index (χ1) is 12.0. The number of nitro benzene ring substituents is 1. The van der Waals surface area contributed by atoms with Crippen molar-refractivity contribution < 1.29 is 4.92 Å². The third-order valence-electron chi connectivity index (χ3n) is 4.94. The topological polar surface area (TPSA) is 49.6 Å². The number of piperazine rings is 1. The van der Waals surface area contributed by atoms with Crippen molar-refractivity contribution in [1.29, 1.82) is 0 Å². The highest BCUT2D eigenvalue weighted by atomic mass is 35.5. The van der Waals surface area contributed by atoms with Crippen molar-refractivity contribution >= 4 is 23.0 Å². The molecule has 0 bridgehead atoms. The highest BCUT2D eigenvalue weighted by Gasteiger charge is 2.24. The Kier molecular flexibility index (Phi) is 5.25. The molecule has 3 rings (SSSR count). The molecule has 0 aromatic heterocycles. The molecule has 0 unspecified atom stereocenters. The molecule has 5 nitrogen and oxygen atoms in total. The van der Waals surface area contributed by atoms with Crippen molar-refractivity contribution in [2.24, 2.45) is 0 Å². The second kappa shape index (κ2) is 7.42. The monoisotopic (exact) mass is 359 g/mol. The standard InChI is InChI=1S/C19H22ClN3O2/c1-14-6-7-17(20)13-19(14)22-10-8-21(9-11-22)15(2)16-4-3-5-18(12-16)23(24)25/h3-7,12-13,15H,8-11H2,1-2H3/t15-/m1/s1. The molecule has 2 aromatic carbocycles. The number of nitrogens with zero attached hydrogens (tertiary/aromatic N) is 3. The molecule has 1 saturated heterocycles. The Morgan fingerprint density at radius 2 is 1.84 bits per heavy atom. The summed E-state index contributed by atoms with van der Waals surface area (Å²) in [6, 6.07) is 13.1. The van der Waals surface area contributed by atoms with E-state index in [1.807, 2.05) is 18.2 Å². The number of rotatable bonds is 4. The van der Waals surface area contributed by atoms with Gasteiger partial charge in [-0.2, -0.15) is 0 Å². The lowest BCUT2D eigenvalue weighted by molar-refractivity contribution is -0.384. The lowest BCUT2D eigenvalue weighted by Crippen LogP contribution is -2.47. The highest BCUT2D eigenvalue weighted by Crippen LogP contribution is 2.28. The van der Waals surface area contributed by atoms with Gasteiger partial charge in [-0.25, -0.2) is 0 Å². The summed E-state index contributed by atoms with van der Waals surface area (Å²) in [4.78, 5) is 15.4. The first kappa shape index (κ1) is 17.7. The van der Waals surface area contributed by atoms with Crippen LogP contribution in [0, 0.1) is 17.0 Å². The van der Waals surface area contributed by atoms with E-state index in [9.17, 15) is 10.1 Å². The Morgan fingerprint density at radius 3 is 2.52 bits per heavy atom. The fourth-order valence-corrected chi connectivity index (χ4v) is 3.55. The van der Waals surface area contributed by atoms with Gasteiger partial charge >= 0.3 is 0 Å². The molecule has 2 aromatic rings. The van der Waals surface area contributed by atoms with Crippen LogP contribution in [0.5, 0.6) is 0 Å². The molecule has 0 amide bonds. The van der Waals surface area contributed by atoms with Gasteiger partial charge in [0.25, 0.3) is 5.69 Å². The molecule has 0 aliphatic carbocycles. The van der Waals surface area contributed by atoms with E-state index in [1.165, 1.54) is 17.3 Å². The Morgan fingerprint density at radius 1 is 1.12 bits per heavy atom. The van der Waals surface area contributed by atoms with Crippen LogP contribution in [-0.4, -0.2) is 36.0 Å². The van der Waals surface area contributed by atoms with Gasteiger partial charge in [0.1, 0.15) is 0 Å². The Bertz CT molecular complexity index is 773. The van der Waals surface area contributed by atoms with Crippen molar-refractivity contribution in [2.75, 3.05) is 31.1 Å². The SMILES string of the molecule is Cc1ccc(Cl)cc1N1CCN([C@H](C)c2cccc([N+](=O)[O-])c2)CC1. The van der Waals surface area contributed by atoms with Crippen molar-refractivity contribution in [1.82, 2.24) is 4.90 Å². The second-order valence-corrected chi connectivity index (χ2v) is 6.92. The molecule has 0 saturated carbocycles. The summed E-state index contributed by atoms with van der Waals surface area (Å²) in [5.74, 6) is 0. The van der Waals surface area contributed by atoms with E-state index in [1.54, 1.807) is 12.1 Å². The molecule has 1 fully saturated rings. The van der Waals surface area contributed by atoms with Crippen LogP contribution >= 0.6 is 11.6 Å². The van der Waals surface area contributed by atoms with Crippen LogP contribution in [0.3, 0.4) is 0 Å². The lowest BCUT2D eigenvalue weighted by Gasteiger charge is -2.39. The summed E-state index contributed by atoms with van der Waals surface area (Å²) in [5.41, 5.74) is 3.55. The third-order valence-corrected chi connectivity index (χ3v) is 5.17. The Hall–Kier alpha value is -2.11. The molecule has 0 spiro atoms. The quantitative estimate of drug-likeness (QED) is 0.598. The molecule has 0 N–H and O–H groups in total. The van der Waals surface area contributed by atoms with Gasteiger partial charge in [0.05, 0.1) is 4.92 Å². The molecule has 0 radical (unpaired) electrons. The van der Waals surface area contributed by atoms with Gasteiger partial charge in [0.15, 0.2) is 0 Å². The van der Waals surface area contributed by atoms with Gasteiger partial charge in [-0.1, -0.05) is 29.8 Å². The van der Waals surface area contributed by atoms with Crippen molar-refractivity contribution in [2.45, 2.75) is 19.9 Å². The van der Waals surface area contributed by atoms with Gasteiger partial charge in [-0.3, -0.25) is 15.0 Å². The van der Waals surface area contributed by atoms with Crippen LogP contribution in [0.4, 0.5) is 11.4 Å². The third kappa shape index (κ3) is 3.94. The minimum absolute atomic E-state index is 0.150. The van der Waals surface area contributed by atoms with Gasteiger partial charge in [-0.05, 0) is 37.1 Å². The molecule has 132 valence electrons. The smallest absolute Gasteiger partial charge is 0.269 e. The average Bonchev–Trinajstić information content (AvgIpc) is 2.63. The van der Waals surface area contributed by atoms with E-state index in [0.717, 1.165) is 36.8 Å². The molecule has 25 heavy (non-hydrogen) atoms. The number of aryl methyl sites for hydroxylation is 1. The number of hydrogen-bond donors (Lipinski definition) is 0. The number of anilines is 1. The zero-order valence-corrected chi connectivity index (χ0v) is 15.2. The Balaban J connectivity index is 1.68. The number of non-ortho nitro benzene ring substituents is 1. The minimum Gasteiger partial charge on any atom is -0.369 e. The maximum Gasteiger partial charge on any atom is 0.269 e. The molecule has 1 heterocycles. The highest BCUT2D eigenvalue weighted by molar-refractivity contribution is 6.30. The summed E-state index contributed by atoms with van der Waals surface area (Å²) in [7, 11) is 0. The number of benzene rings is 2. The van der Waals surface area contributed by atoms with Crippen LogP contribution in [0.15, 0.2) is 42.5 Å². The van der Waals surface area contributed by atoms with Gasteiger partial charge in [0.2, 0.25) is 0 Å². The first-order valence-corrected chi connectivity index (χ1v) is 8.83.